The number of methoxy groups -OCH3 is 2. The number of nitrogens with zero attached hydrogens (tertiary/aromatic N) is 13. The predicted molar refractivity (Wildman–Crippen MR) is 338 cm³/mol. The fraction of sp³-hybridized carbons (Fsp3) is 0.377. The minimum atomic E-state index is 0.120. The van der Waals surface area contributed by atoms with Gasteiger partial charge in [-0.15, -0.1) is 6.42 Å². The number of aromatic nitrogens is 12. The molecule has 26 heteroatoms. The van der Waals surface area contributed by atoms with E-state index in [1.807, 2.05) is 33.0 Å². The van der Waals surface area contributed by atoms with Crippen LogP contribution in [0.5, 0.6) is 57.8 Å². The van der Waals surface area contributed by atoms with Gasteiger partial charge in [0.2, 0.25) is 17.7 Å². The monoisotopic (exact) mass is 1250 g/mol. The summed E-state index contributed by atoms with van der Waals surface area (Å²) in [6.45, 7) is 24.2. The van der Waals surface area contributed by atoms with Gasteiger partial charge in [-0.3, -0.25) is 0 Å². The Labute approximate surface area is 515 Å². The van der Waals surface area contributed by atoms with Crippen molar-refractivity contribution < 1.29 is 33.2 Å². The summed E-state index contributed by atoms with van der Waals surface area (Å²) in [5.41, 5.74) is 22.0. The number of nitrogens with one attached hydrogen (secondary N) is 2. The van der Waals surface area contributed by atoms with E-state index in [1.54, 1.807) is 89.6 Å². The van der Waals surface area contributed by atoms with Crippen LogP contribution >= 0.6 is 15.9 Å². The maximum absolute atomic E-state index is 6.03. The highest BCUT2D eigenvalue weighted by Crippen LogP contribution is 2.52. The minimum absolute atomic E-state index is 0.120. The maximum Gasteiger partial charge on any atom is 0.222 e. The lowest BCUT2D eigenvalue weighted by molar-refractivity contribution is 0.122. The van der Waals surface area contributed by atoms with E-state index in [2.05, 4.69) is 132 Å². The van der Waals surface area contributed by atoms with Crippen molar-refractivity contribution in [3.8, 4) is 70.1 Å². The van der Waals surface area contributed by atoms with Crippen molar-refractivity contribution >= 4 is 50.8 Å². The third-order valence-electron chi connectivity index (χ3n) is 13.3. The van der Waals surface area contributed by atoms with Crippen LogP contribution < -0.4 is 61.2 Å². The van der Waals surface area contributed by atoms with Gasteiger partial charge in [0.1, 0.15) is 45.0 Å². The number of morpholine rings is 1. The normalized spacial score (nSPS) is 12.8. The van der Waals surface area contributed by atoms with Crippen molar-refractivity contribution in [2.75, 3.05) is 86.3 Å². The van der Waals surface area contributed by atoms with Crippen LogP contribution in [0.4, 0.5) is 34.9 Å². The second kappa shape index (κ2) is 30.6. The van der Waals surface area contributed by atoms with Crippen LogP contribution in [0.15, 0.2) is 78.4 Å². The van der Waals surface area contributed by atoms with Crippen molar-refractivity contribution in [3.63, 3.8) is 0 Å². The average molecular weight is 1250 g/mol. The molecule has 1 aliphatic heterocycles. The summed E-state index contributed by atoms with van der Waals surface area (Å²) in [4.78, 5) is 52.4. The van der Waals surface area contributed by atoms with Crippen LogP contribution in [0.2, 0.25) is 0 Å². The zero-order valence-electron chi connectivity index (χ0n) is 51.1. The Hall–Kier alpha value is -9.48. The largest absolute Gasteiger partial charge is 0.481 e. The van der Waals surface area contributed by atoms with Crippen molar-refractivity contribution in [3.05, 3.63) is 118 Å². The fourth-order valence-electron chi connectivity index (χ4n) is 8.33. The van der Waals surface area contributed by atoms with Gasteiger partial charge < -0.3 is 65.9 Å². The molecule has 10 rings (SSSR count). The lowest BCUT2D eigenvalue weighted by atomic mass is 9.99. The molecule has 0 atom stereocenters. The van der Waals surface area contributed by atoms with Gasteiger partial charge in [0, 0.05) is 85.7 Å². The van der Waals surface area contributed by atoms with E-state index in [0.29, 0.717) is 123 Å². The number of rotatable bonds is 18. The first kappa shape index (κ1) is 65.1. The molecule has 87 heavy (non-hydrogen) atoms. The molecule has 2 aliphatic rings. The fourth-order valence-corrected chi connectivity index (χ4v) is 8.64. The van der Waals surface area contributed by atoms with Crippen LogP contribution in [-0.2, 0) is 10.2 Å². The Morgan fingerprint density at radius 2 is 1.07 bits per heavy atom. The number of anilines is 6. The summed E-state index contributed by atoms with van der Waals surface area (Å²) in [6.07, 6.45) is 21.2. The number of ether oxygens (including phenoxy) is 7. The number of hydrogen-bond acceptors (Lipinski definition) is 25. The smallest absolute Gasteiger partial charge is 0.222 e. The topological polar surface area (TPSA) is 325 Å². The van der Waals surface area contributed by atoms with Gasteiger partial charge in [0.05, 0.1) is 64.1 Å². The SMILES string of the molecule is C#Cc1cc(Oc2cnc(C)nc2NCC)c(C(C)C)cn1.CCNc1nc(N)ncc1Oc1cc(Br)ncc1C(C)C.COc1cc(Oc2cnc(C)nc2N)c(C2(C)CC2)cn1.COc1cc(Oc2cnc(C)nc2N)c(N2CCOCC2)cn1. The van der Waals surface area contributed by atoms with Crippen LogP contribution in [0.3, 0.4) is 0 Å². The van der Waals surface area contributed by atoms with E-state index < -0.39 is 0 Å². The van der Waals surface area contributed by atoms with Crippen LogP contribution in [-0.4, -0.2) is 113 Å². The van der Waals surface area contributed by atoms with E-state index in [-0.39, 0.29) is 23.2 Å². The average Bonchev–Trinajstić information content (AvgIpc) is 2.05. The zero-order chi connectivity index (χ0) is 62.8. The van der Waals surface area contributed by atoms with Crippen molar-refractivity contribution in [1.82, 2.24) is 59.8 Å². The molecule has 8 N–H and O–H groups in total. The van der Waals surface area contributed by atoms with E-state index >= 15 is 0 Å². The third-order valence-corrected chi connectivity index (χ3v) is 13.7. The highest BCUT2D eigenvalue weighted by molar-refractivity contribution is 9.10. The van der Waals surface area contributed by atoms with Gasteiger partial charge in [0.15, 0.2) is 52.0 Å². The Balaban J connectivity index is 0.000000166. The zero-order valence-corrected chi connectivity index (χ0v) is 52.7. The van der Waals surface area contributed by atoms with Gasteiger partial charge in [-0.2, -0.15) is 4.98 Å². The molecule has 0 bridgehead atoms. The first-order valence-electron chi connectivity index (χ1n) is 28.1. The van der Waals surface area contributed by atoms with Gasteiger partial charge in [-0.05, 0) is 80.6 Å². The molecule has 25 nitrogen and oxygen atoms in total. The molecular formula is C61H75BrN18O7. The van der Waals surface area contributed by atoms with E-state index in [1.165, 1.54) is 0 Å². The summed E-state index contributed by atoms with van der Waals surface area (Å²) in [5, 5.41) is 6.30. The van der Waals surface area contributed by atoms with E-state index in [4.69, 9.17) is 56.8 Å². The Morgan fingerprint density at radius 1 is 0.586 bits per heavy atom. The highest BCUT2D eigenvalue weighted by Gasteiger charge is 2.42. The predicted octanol–water partition coefficient (Wildman–Crippen LogP) is 11.1. The molecule has 8 aromatic rings. The van der Waals surface area contributed by atoms with E-state index in [9.17, 15) is 0 Å². The summed E-state index contributed by atoms with van der Waals surface area (Å²) < 4.78 is 40.3. The summed E-state index contributed by atoms with van der Waals surface area (Å²) in [6, 6.07) is 7.11. The highest BCUT2D eigenvalue weighted by atomic mass is 79.9. The van der Waals surface area contributed by atoms with Crippen molar-refractivity contribution in [2.45, 2.75) is 99.3 Å². The van der Waals surface area contributed by atoms with Crippen LogP contribution in [0, 0.1) is 33.1 Å². The quantitative estimate of drug-likeness (QED) is 0.0394. The second-order valence-corrected chi connectivity index (χ2v) is 21.4. The molecule has 8 aromatic heterocycles. The number of halogens is 1. The molecule has 1 saturated carbocycles. The van der Waals surface area contributed by atoms with Crippen LogP contribution in [0.1, 0.15) is 113 Å². The van der Waals surface area contributed by atoms with Gasteiger partial charge in [-0.25, -0.2) is 54.8 Å². The third kappa shape index (κ3) is 18.0. The lowest BCUT2D eigenvalue weighted by Crippen LogP contribution is -2.36. The number of hydrogen-bond donors (Lipinski definition) is 5. The second-order valence-electron chi connectivity index (χ2n) is 20.6. The van der Waals surface area contributed by atoms with Crippen molar-refractivity contribution in [1.29, 1.82) is 0 Å². The summed E-state index contributed by atoms with van der Waals surface area (Å²) in [7, 11) is 3.14. The standard InChI is InChI=1S/C17H20N4O.C15H19N5O3.C15H18N4O2.C14H18BrN5O/c1-6-13-8-15(14(9-20-13)11(3)4)22-16-10-19-12(5)21-17(16)18-7-2;1-10-17-9-13(15(16)19-10)23-12-7-14(21-2)18-8-11(12)20-3-5-22-6-4-20;1-9-17-8-12(14(16)19-9)21-11-6-13(20-3)18-7-10(11)15(2)4-5-15;1-4-17-13-11(7-19-14(16)20-13)21-10-5-12(15)18-6-9(10)8(2)3/h1,8-11H,7H2,2-5H3,(H,18,19,21);7-9H,3-6H2,1-2H3,(H2,16,17,19);6-8H,4-5H2,1-3H3,(H2,16,17,19);5-8H,4H2,1-3H3,(H3,16,17,19,20). The van der Waals surface area contributed by atoms with E-state index in [0.717, 1.165) is 60.6 Å². The van der Waals surface area contributed by atoms with Crippen LogP contribution in [0.25, 0.3) is 0 Å². The number of nitrogens with two attached hydrogens (primary N) is 3. The molecule has 0 spiro atoms. The summed E-state index contributed by atoms with van der Waals surface area (Å²) in [5.74, 6) is 12.7. The first-order valence-corrected chi connectivity index (χ1v) is 28.9. The number of aryl methyl sites for hydroxylation is 3. The Bertz CT molecular complexity index is 3660. The molecule has 0 aromatic carbocycles. The number of terminal acetylenes is 1. The lowest BCUT2D eigenvalue weighted by Gasteiger charge is -2.30. The number of nitrogen functional groups attached to an aromatic ring is 3. The maximum atomic E-state index is 6.03. The molecule has 0 unspecified atom stereocenters. The minimum Gasteiger partial charge on any atom is -0.481 e. The summed E-state index contributed by atoms with van der Waals surface area (Å²) >= 11 is 3.36. The molecule has 1 aliphatic carbocycles. The first-order chi connectivity index (χ1) is 41.7. The molecule has 1 saturated heterocycles. The van der Waals surface area contributed by atoms with Gasteiger partial charge in [0.25, 0.3) is 0 Å². The molecule has 458 valence electrons. The van der Waals surface area contributed by atoms with Gasteiger partial charge in [-0.1, -0.05) is 40.5 Å². The molecule has 0 amide bonds. The molecule has 0 radical (unpaired) electrons. The number of pyridine rings is 4. The van der Waals surface area contributed by atoms with Gasteiger partial charge >= 0.3 is 0 Å². The Kier molecular flexibility index (Phi) is 22.8. The molecule has 2 fully saturated rings. The Morgan fingerprint density at radius 3 is 1.60 bits per heavy atom. The van der Waals surface area contributed by atoms with Crippen molar-refractivity contribution in [2.24, 2.45) is 0 Å². The molecular weight excluding hydrogens is 1180 g/mol. The molecule has 9 heterocycles.